The Balaban J connectivity index is 1.84. The molecule has 0 amide bonds. The largest absolute Gasteiger partial charge is 0.380 e. The average Bonchev–Trinajstić information content (AvgIpc) is 2.76. The molecule has 1 aromatic carbocycles. The Kier molecular flexibility index (Phi) is 4.34. The molecule has 1 heterocycles. The highest BCUT2D eigenvalue weighted by molar-refractivity contribution is 7.17. The van der Waals surface area contributed by atoms with Crippen molar-refractivity contribution in [3.63, 3.8) is 0 Å². The van der Waals surface area contributed by atoms with Gasteiger partial charge in [0.1, 0.15) is 0 Å². The third-order valence-corrected chi connectivity index (χ3v) is 3.45. The summed E-state index contributed by atoms with van der Waals surface area (Å²) in [7, 11) is 1.94. The highest BCUT2D eigenvalue weighted by Crippen LogP contribution is 2.21. The van der Waals surface area contributed by atoms with Crippen LogP contribution in [0.4, 0.5) is 0 Å². The number of thiophene rings is 1. The molecule has 0 aliphatic heterocycles. The van der Waals surface area contributed by atoms with E-state index in [1.54, 1.807) is 11.3 Å². The molecule has 2 nitrogen and oxygen atoms in total. The number of likely N-dealkylation sites (N-methyl/N-ethyl adjacent to an activating group) is 1. The van der Waals surface area contributed by atoms with Gasteiger partial charge >= 0.3 is 0 Å². The Morgan fingerprint density at radius 2 is 2.19 bits per heavy atom. The van der Waals surface area contributed by atoms with E-state index in [2.05, 4.69) is 35.0 Å². The van der Waals surface area contributed by atoms with Crippen molar-refractivity contribution >= 4 is 21.4 Å². The molecule has 1 N–H and O–H groups in total. The normalized spacial score (nSPS) is 11.1. The van der Waals surface area contributed by atoms with Gasteiger partial charge < -0.3 is 10.1 Å². The lowest BCUT2D eigenvalue weighted by molar-refractivity contribution is 0.140. The van der Waals surface area contributed by atoms with Crippen LogP contribution in [0.15, 0.2) is 29.6 Å². The molecule has 16 heavy (non-hydrogen) atoms. The van der Waals surface area contributed by atoms with Crippen molar-refractivity contribution in [3.05, 3.63) is 35.2 Å². The maximum absolute atomic E-state index is 5.51. The van der Waals surface area contributed by atoms with Crippen molar-refractivity contribution in [2.24, 2.45) is 0 Å². The molecule has 0 radical (unpaired) electrons. The first-order valence-electron chi connectivity index (χ1n) is 5.58. The van der Waals surface area contributed by atoms with Gasteiger partial charge in [0, 0.05) is 11.2 Å². The van der Waals surface area contributed by atoms with Crippen LogP contribution in [-0.4, -0.2) is 26.8 Å². The molecule has 1 aromatic heterocycles. The Morgan fingerprint density at radius 3 is 3.06 bits per heavy atom. The van der Waals surface area contributed by atoms with E-state index in [1.807, 2.05) is 7.05 Å². The number of ether oxygens (including phenoxy) is 1. The van der Waals surface area contributed by atoms with Crippen LogP contribution < -0.4 is 5.32 Å². The van der Waals surface area contributed by atoms with Gasteiger partial charge in [-0.25, -0.2) is 0 Å². The zero-order valence-corrected chi connectivity index (χ0v) is 10.3. The third kappa shape index (κ3) is 3.04. The summed E-state index contributed by atoms with van der Waals surface area (Å²) in [5.74, 6) is 0. The van der Waals surface area contributed by atoms with Crippen LogP contribution in [0.2, 0.25) is 0 Å². The Hall–Kier alpha value is -0.900. The van der Waals surface area contributed by atoms with E-state index in [1.165, 1.54) is 15.6 Å². The van der Waals surface area contributed by atoms with Gasteiger partial charge in [-0.2, -0.15) is 0 Å². The molecular formula is C13H17NOS. The molecule has 0 saturated heterocycles. The Morgan fingerprint density at radius 1 is 1.25 bits per heavy atom. The minimum atomic E-state index is 0.789. The highest BCUT2D eigenvalue weighted by atomic mass is 32.1. The summed E-state index contributed by atoms with van der Waals surface area (Å²) in [5, 5.41) is 6.55. The molecular weight excluding hydrogens is 218 g/mol. The summed E-state index contributed by atoms with van der Waals surface area (Å²) < 4.78 is 6.87. The van der Waals surface area contributed by atoms with Crippen LogP contribution in [0.1, 0.15) is 5.56 Å². The molecule has 0 bridgehead atoms. The van der Waals surface area contributed by atoms with Gasteiger partial charge in [0.2, 0.25) is 0 Å². The summed E-state index contributed by atoms with van der Waals surface area (Å²) in [4.78, 5) is 0. The molecule has 3 heteroatoms. The number of rotatable bonds is 6. The third-order valence-electron chi connectivity index (χ3n) is 2.55. The van der Waals surface area contributed by atoms with E-state index in [0.717, 1.165) is 26.2 Å². The second-order valence-electron chi connectivity index (χ2n) is 3.76. The lowest BCUT2D eigenvalue weighted by atomic mass is 10.1. The van der Waals surface area contributed by atoms with E-state index in [-0.39, 0.29) is 0 Å². The SMILES string of the molecule is CNCCOCCc1ccc2sccc2c1. The zero-order chi connectivity index (χ0) is 11.2. The second kappa shape index (κ2) is 5.99. The molecule has 2 aromatic rings. The number of fused-ring (bicyclic) bond motifs is 1. The van der Waals surface area contributed by atoms with Gasteiger partial charge in [0.05, 0.1) is 13.2 Å². The van der Waals surface area contributed by atoms with Crippen molar-refractivity contribution < 1.29 is 4.74 Å². The Bertz CT molecular complexity index is 438. The van der Waals surface area contributed by atoms with Gasteiger partial charge in [-0.1, -0.05) is 12.1 Å². The fourth-order valence-corrected chi connectivity index (χ4v) is 2.41. The van der Waals surface area contributed by atoms with Crippen LogP contribution in [-0.2, 0) is 11.2 Å². The Labute approximate surface area is 100 Å². The number of hydrogen-bond acceptors (Lipinski definition) is 3. The van der Waals surface area contributed by atoms with Gasteiger partial charge in [-0.3, -0.25) is 0 Å². The standard InChI is InChI=1S/C13H17NOS/c1-14-6-8-15-7-4-11-2-3-13-12(10-11)5-9-16-13/h2-3,5,9-10,14H,4,6-8H2,1H3. The quantitative estimate of drug-likeness (QED) is 0.777. The average molecular weight is 235 g/mol. The van der Waals surface area contributed by atoms with Gasteiger partial charge in [-0.15, -0.1) is 11.3 Å². The molecule has 0 aliphatic rings. The first-order valence-corrected chi connectivity index (χ1v) is 6.46. The molecule has 0 unspecified atom stereocenters. The van der Waals surface area contributed by atoms with E-state index >= 15 is 0 Å². The van der Waals surface area contributed by atoms with E-state index < -0.39 is 0 Å². The first kappa shape index (κ1) is 11.6. The van der Waals surface area contributed by atoms with Crippen molar-refractivity contribution in [1.82, 2.24) is 5.32 Å². The lowest BCUT2D eigenvalue weighted by Gasteiger charge is -2.04. The molecule has 0 atom stereocenters. The monoisotopic (exact) mass is 235 g/mol. The first-order chi connectivity index (χ1) is 7.90. The van der Waals surface area contributed by atoms with Crippen molar-refractivity contribution in [2.75, 3.05) is 26.8 Å². The van der Waals surface area contributed by atoms with E-state index in [4.69, 9.17) is 4.74 Å². The van der Waals surface area contributed by atoms with Crippen LogP contribution in [0, 0.1) is 0 Å². The molecule has 86 valence electrons. The molecule has 0 saturated carbocycles. The minimum Gasteiger partial charge on any atom is -0.380 e. The summed E-state index contributed by atoms with van der Waals surface area (Å²) in [6, 6.07) is 8.82. The fourth-order valence-electron chi connectivity index (χ4n) is 1.64. The van der Waals surface area contributed by atoms with Gasteiger partial charge in [0.15, 0.2) is 0 Å². The van der Waals surface area contributed by atoms with E-state index in [9.17, 15) is 0 Å². The predicted molar refractivity (Wildman–Crippen MR) is 70.3 cm³/mol. The molecule has 2 rings (SSSR count). The van der Waals surface area contributed by atoms with Crippen LogP contribution in [0.5, 0.6) is 0 Å². The minimum absolute atomic E-state index is 0.789. The summed E-state index contributed by atoms with van der Waals surface area (Å²) >= 11 is 1.79. The van der Waals surface area contributed by atoms with Crippen molar-refractivity contribution in [3.8, 4) is 0 Å². The second-order valence-corrected chi connectivity index (χ2v) is 4.71. The van der Waals surface area contributed by atoms with Crippen LogP contribution >= 0.6 is 11.3 Å². The number of hydrogen-bond donors (Lipinski definition) is 1. The highest BCUT2D eigenvalue weighted by Gasteiger charge is 1.97. The lowest BCUT2D eigenvalue weighted by Crippen LogP contribution is -2.15. The van der Waals surface area contributed by atoms with Crippen molar-refractivity contribution in [1.29, 1.82) is 0 Å². The van der Waals surface area contributed by atoms with Crippen LogP contribution in [0.25, 0.3) is 10.1 Å². The predicted octanol–water partition coefficient (Wildman–Crippen LogP) is 2.68. The van der Waals surface area contributed by atoms with Crippen LogP contribution in [0.3, 0.4) is 0 Å². The van der Waals surface area contributed by atoms with Crippen molar-refractivity contribution in [2.45, 2.75) is 6.42 Å². The fraction of sp³-hybridized carbons (Fsp3) is 0.385. The number of benzene rings is 1. The summed E-state index contributed by atoms with van der Waals surface area (Å²) in [6.45, 7) is 2.51. The van der Waals surface area contributed by atoms with E-state index in [0.29, 0.717) is 0 Å². The van der Waals surface area contributed by atoms with Gasteiger partial charge in [0.25, 0.3) is 0 Å². The van der Waals surface area contributed by atoms with Gasteiger partial charge in [-0.05, 0) is 41.9 Å². The summed E-state index contributed by atoms with van der Waals surface area (Å²) in [5.41, 5.74) is 1.36. The molecule has 0 aliphatic carbocycles. The zero-order valence-electron chi connectivity index (χ0n) is 9.53. The number of nitrogens with one attached hydrogen (secondary N) is 1. The summed E-state index contributed by atoms with van der Waals surface area (Å²) in [6.07, 6.45) is 0.996. The topological polar surface area (TPSA) is 21.3 Å². The smallest absolute Gasteiger partial charge is 0.0590 e. The molecule has 0 fully saturated rings. The maximum Gasteiger partial charge on any atom is 0.0590 e. The molecule has 0 spiro atoms. The maximum atomic E-state index is 5.51.